The highest BCUT2D eigenvalue weighted by Gasteiger charge is 2.04. The molecule has 130 valence electrons. The van der Waals surface area contributed by atoms with E-state index in [2.05, 4.69) is 24.3 Å². The molecule has 0 unspecified atom stereocenters. The molecular weight excluding hydrogens is 308 g/mol. The molecule has 0 aliphatic heterocycles. The van der Waals surface area contributed by atoms with Gasteiger partial charge in [-0.3, -0.25) is 0 Å². The van der Waals surface area contributed by atoms with E-state index in [0.29, 0.717) is 13.2 Å². The monoisotopic (exact) mass is 334 g/mol. The zero-order valence-electron chi connectivity index (χ0n) is 15.2. The molecule has 0 fully saturated rings. The predicted molar refractivity (Wildman–Crippen MR) is 104 cm³/mol. The summed E-state index contributed by atoms with van der Waals surface area (Å²) < 4.78 is 11.8. The molecule has 0 amide bonds. The van der Waals surface area contributed by atoms with Crippen LogP contribution in [0, 0.1) is 6.92 Å². The van der Waals surface area contributed by atoms with Crippen molar-refractivity contribution >= 4 is 0 Å². The number of hydrogen-bond donors (Lipinski definition) is 0. The summed E-state index contributed by atoms with van der Waals surface area (Å²) in [6.07, 6.45) is 0. The van der Waals surface area contributed by atoms with Gasteiger partial charge in [0.15, 0.2) is 0 Å². The zero-order valence-corrected chi connectivity index (χ0v) is 15.2. The second-order valence-corrected chi connectivity index (χ2v) is 5.48. The van der Waals surface area contributed by atoms with E-state index in [9.17, 15) is 0 Å². The predicted octanol–water partition coefficient (Wildman–Crippen LogP) is 6.18. The molecule has 0 aromatic heterocycles. The molecule has 0 saturated carbocycles. The number of aryl methyl sites for hydroxylation is 1. The van der Waals surface area contributed by atoms with Gasteiger partial charge in [0.1, 0.15) is 24.7 Å². The Balaban J connectivity index is 0.00000109. The molecule has 0 radical (unpaired) electrons. The van der Waals surface area contributed by atoms with Crippen molar-refractivity contribution in [3.63, 3.8) is 0 Å². The molecule has 0 bridgehead atoms. The highest BCUT2D eigenvalue weighted by Crippen LogP contribution is 2.25. The molecule has 0 aliphatic carbocycles. The van der Waals surface area contributed by atoms with E-state index < -0.39 is 0 Å². The van der Waals surface area contributed by atoms with Crippen molar-refractivity contribution in [3.05, 3.63) is 95.6 Å². The van der Waals surface area contributed by atoms with E-state index in [4.69, 9.17) is 9.47 Å². The molecule has 0 aliphatic rings. The van der Waals surface area contributed by atoms with Crippen LogP contribution >= 0.6 is 0 Å². The maximum Gasteiger partial charge on any atom is 0.126 e. The maximum atomic E-state index is 5.94. The second kappa shape index (κ2) is 10.2. The normalized spacial score (nSPS) is 9.72. The van der Waals surface area contributed by atoms with Gasteiger partial charge in [-0.15, -0.1) is 0 Å². The second-order valence-electron chi connectivity index (χ2n) is 5.48. The smallest absolute Gasteiger partial charge is 0.126 e. The van der Waals surface area contributed by atoms with E-state index in [1.165, 1.54) is 0 Å². The third kappa shape index (κ3) is 6.00. The van der Waals surface area contributed by atoms with Gasteiger partial charge in [0.05, 0.1) is 0 Å². The Bertz CT molecular complexity index is 737. The topological polar surface area (TPSA) is 18.5 Å². The molecule has 3 aromatic carbocycles. The Hall–Kier alpha value is -2.74. The van der Waals surface area contributed by atoms with Crippen LogP contribution in [0.4, 0.5) is 0 Å². The lowest BCUT2D eigenvalue weighted by molar-refractivity contribution is 0.288. The van der Waals surface area contributed by atoms with E-state index in [1.807, 2.05) is 75.4 Å². The van der Waals surface area contributed by atoms with Gasteiger partial charge in [0, 0.05) is 6.07 Å². The van der Waals surface area contributed by atoms with E-state index in [1.54, 1.807) is 0 Å². The van der Waals surface area contributed by atoms with Crippen molar-refractivity contribution in [3.8, 4) is 11.5 Å². The van der Waals surface area contributed by atoms with Crippen molar-refractivity contribution in [2.45, 2.75) is 34.0 Å². The summed E-state index contributed by atoms with van der Waals surface area (Å²) in [5.74, 6) is 1.68. The van der Waals surface area contributed by atoms with E-state index in [0.717, 1.165) is 28.2 Å². The molecule has 0 saturated heterocycles. The molecule has 0 spiro atoms. The summed E-state index contributed by atoms with van der Waals surface area (Å²) in [6, 6.07) is 26.3. The van der Waals surface area contributed by atoms with Gasteiger partial charge < -0.3 is 9.47 Å². The molecule has 0 heterocycles. The summed E-state index contributed by atoms with van der Waals surface area (Å²) in [5.41, 5.74) is 3.41. The van der Waals surface area contributed by atoms with Crippen LogP contribution in [0.25, 0.3) is 0 Å². The summed E-state index contributed by atoms with van der Waals surface area (Å²) in [7, 11) is 0. The molecule has 3 aromatic rings. The fourth-order valence-electron chi connectivity index (χ4n) is 2.30. The van der Waals surface area contributed by atoms with Crippen LogP contribution in [0.2, 0.25) is 0 Å². The van der Waals surface area contributed by atoms with Gasteiger partial charge in [-0.1, -0.05) is 80.6 Å². The van der Waals surface area contributed by atoms with Crippen molar-refractivity contribution in [1.82, 2.24) is 0 Å². The molecule has 25 heavy (non-hydrogen) atoms. The van der Waals surface area contributed by atoms with Crippen LogP contribution in [-0.2, 0) is 13.2 Å². The van der Waals surface area contributed by atoms with Gasteiger partial charge in [0.25, 0.3) is 0 Å². The number of rotatable bonds is 6. The third-order valence-corrected chi connectivity index (χ3v) is 3.65. The molecule has 0 atom stereocenters. The Labute approximate surface area is 151 Å². The average molecular weight is 334 g/mol. The Morgan fingerprint density at radius 2 is 1.16 bits per heavy atom. The van der Waals surface area contributed by atoms with Crippen LogP contribution in [0.3, 0.4) is 0 Å². The molecule has 2 nitrogen and oxygen atoms in total. The lowest BCUT2D eigenvalue weighted by atomic mass is 10.2. The van der Waals surface area contributed by atoms with Crippen molar-refractivity contribution in [2.75, 3.05) is 0 Å². The minimum Gasteiger partial charge on any atom is -0.489 e. The van der Waals surface area contributed by atoms with E-state index in [-0.39, 0.29) is 0 Å². The number of hydrogen-bond acceptors (Lipinski definition) is 2. The van der Waals surface area contributed by atoms with Crippen molar-refractivity contribution in [2.24, 2.45) is 0 Å². The van der Waals surface area contributed by atoms with Gasteiger partial charge in [-0.25, -0.2) is 0 Å². The van der Waals surface area contributed by atoms with Gasteiger partial charge in [-0.2, -0.15) is 0 Å². The van der Waals surface area contributed by atoms with Crippen LogP contribution in [-0.4, -0.2) is 0 Å². The quantitative estimate of drug-likeness (QED) is 0.536. The zero-order chi connectivity index (χ0) is 17.9. The summed E-state index contributed by atoms with van der Waals surface area (Å²) >= 11 is 0. The molecule has 2 heteroatoms. The lowest BCUT2D eigenvalue weighted by Gasteiger charge is -2.12. The van der Waals surface area contributed by atoms with Crippen molar-refractivity contribution in [1.29, 1.82) is 0 Å². The first kappa shape index (κ1) is 18.6. The summed E-state index contributed by atoms with van der Waals surface area (Å²) in [5, 5.41) is 0. The van der Waals surface area contributed by atoms with Gasteiger partial charge >= 0.3 is 0 Å². The third-order valence-electron chi connectivity index (χ3n) is 3.65. The lowest BCUT2D eigenvalue weighted by Crippen LogP contribution is -1.99. The summed E-state index contributed by atoms with van der Waals surface area (Å²) in [4.78, 5) is 0. The average Bonchev–Trinajstić information content (AvgIpc) is 2.69. The highest BCUT2D eigenvalue weighted by atomic mass is 16.5. The Kier molecular flexibility index (Phi) is 7.58. The molecule has 0 N–H and O–H groups in total. The minimum atomic E-state index is 0.558. The standard InChI is InChI=1S/C21H20O2.C2H6/c1-17-12-13-20(22-15-18-8-4-2-5-9-18)14-21(17)23-16-19-10-6-3-7-11-19;1-2/h2-14H,15-16H2,1H3;1-2H3. The molecule has 3 rings (SSSR count). The highest BCUT2D eigenvalue weighted by molar-refractivity contribution is 5.40. The minimum absolute atomic E-state index is 0.558. The van der Waals surface area contributed by atoms with Crippen LogP contribution in [0.5, 0.6) is 11.5 Å². The molecular formula is C23H26O2. The fraction of sp³-hybridized carbons (Fsp3) is 0.217. The van der Waals surface area contributed by atoms with E-state index >= 15 is 0 Å². The first-order chi connectivity index (χ1) is 12.3. The first-order valence-corrected chi connectivity index (χ1v) is 8.75. The van der Waals surface area contributed by atoms with Gasteiger partial charge in [-0.05, 0) is 29.7 Å². The SMILES string of the molecule is CC.Cc1ccc(OCc2ccccc2)cc1OCc1ccccc1. The fourth-order valence-corrected chi connectivity index (χ4v) is 2.30. The maximum absolute atomic E-state index is 5.94. The largest absolute Gasteiger partial charge is 0.489 e. The van der Waals surface area contributed by atoms with Gasteiger partial charge in [0.2, 0.25) is 0 Å². The summed E-state index contributed by atoms with van der Waals surface area (Å²) in [6.45, 7) is 7.16. The van der Waals surface area contributed by atoms with Crippen LogP contribution in [0.15, 0.2) is 78.9 Å². The Morgan fingerprint density at radius 1 is 0.640 bits per heavy atom. The number of benzene rings is 3. The first-order valence-electron chi connectivity index (χ1n) is 8.75. The number of ether oxygens (including phenoxy) is 2. The van der Waals surface area contributed by atoms with Crippen LogP contribution < -0.4 is 9.47 Å². The Morgan fingerprint density at radius 3 is 1.72 bits per heavy atom. The van der Waals surface area contributed by atoms with Crippen LogP contribution in [0.1, 0.15) is 30.5 Å². The van der Waals surface area contributed by atoms with Crippen molar-refractivity contribution < 1.29 is 9.47 Å².